The molecule has 0 radical (unpaired) electrons. The van der Waals surface area contributed by atoms with Crippen molar-refractivity contribution in [2.75, 3.05) is 35.5 Å². The molecule has 0 aromatic heterocycles. The standard InChI is InChI=1S/C44H38N4O2/c1-49-39-17-9-15-37(29-39)47(34-11-5-3-6-12-34)36-25-23-32(24-26-36)31-19-21-33(22-20-31)41-27-28-42(44(46)43(41)45)48(35-13-7-4-8-14-35)38-16-10-18-40(30-38)50-2/h3-30H,45-46H2,1-2H3. The molecule has 0 unspecified atom stereocenters. The molecule has 6 nitrogen and oxygen atoms in total. The van der Waals surface area contributed by atoms with Crippen molar-refractivity contribution < 1.29 is 9.47 Å². The van der Waals surface area contributed by atoms with Crippen molar-refractivity contribution in [1.29, 1.82) is 0 Å². The largest absolute Gasteiger partial charge is 0.497 e. The minimum absolute atomic E-state index is 0.507. The van der Waals surface area contributed by atoms with Gasteiger partial charge in [-0.15, -0.1) is 0 Å². The van der Waals surface area contributed by atoms with Gasteiger partial charge in [0, 0.05) is 46.1 Å². The van der Waals surface area contributed by atoms with E-state index in [-0.39, 0.29) is 0 Å². The molecule has 0 aliphatic rings. The first kappa shape index (κ1) is 31.9. The summed E-state index contributed by atoms with van der Waals surface area (Å²) < 4.78 is 11.0. The van der Waals surface area contributed by atoms with E-state index in [0.717, 1.165) is 67.9 Å². The topological polar surface area (TPSA) is 77.0 Å². The molecular weight excluding hydrogens is 617 g/mol. The molecular formula is C44H38N4O2. The normalized spacial score (nSPS) is 10.8. The fourth-order valence-electron chi connectivity index (χ4n) is 6.24. The number of methoxy groups -OCH3 is 2. The van der Waals surface area contributed by atoms with Gasteiger partial charge in [0.1, 0.15) is 11.5 Å². The Labute approximate surface area is 293 Å². The lowest BCUT2D eigenvalue weighted by atomic mass is 9.97. The Hall–Kier alpha value is -6.66. The number of hydrogen-bond acceptors (Lipinski definition) is 6. The molecule has 4 N–H and O–H groups in total. The van der Waals surface area contributed by atoms with Crippen molar-refractivity contribution in [2.45, 2.75) is 0 Å². The lowest BCUT2D eigenvalue weighted by Gasteiger charge is -2.28. The molecule has 0 saturated carbocycles. The Balaban J connectivity index is 1.18. The first-order valence-electron chi connectivity index (χ1n) is 16.4. The summed E-state index contributed by atoms with van der Waals surface area (Å²) in [6.07, 6.45) is 0. The SMILES string of the molecule is COc1cccc(N(c2ccccc2)c2ccc(-c3ccc(-c4ccc(N(c5ccccc5)c5cccc(OC)c5)c(N)c4N)cc3)cc2)c1. The monoisotopic (exact) mass is 654 g/mol. The van der Waals surface area contributed by atoms with Crippen molar-refractivity contribution in [3.05, 3.63) is 170 Å². The van der Waals surface area contributed by atoms with Crippen molar-refractivity contribution in [2.24, 2.45) is 0 Å². The van der Waals surface area contributed by atoms with Gasteiger partial charge in [0.05, 0.1) is 31.3 Å². The summed E-state index contributed by atoms with van der Waals surface area (Å²) in [5.74, 6) is 1.56. The third kappa shape index (κ3) is 6.42. The van der Waals surface area contributed by atoms with Crippen LogP contribution in [0.2, 0.25) is 0 Å². The maximum atomic E-state index is 6.82. The molecule has 246 valence electrons. The number of anilines is 8. The Morgan fingerprint density at radius 1 is 0.380 bits per heavy atom. The van der Waals surface area contributed by atoms with Gasteiger partial charge in [0.15, 0.2) is 0 Å². The smallest absolute Gasteiger partial charge is 0.120 e. The van der Waals surface area contributed by atoms with Crippen molar-refractivity contribution in [3.8, 4) is 33.8 Å². The quantitative estimate of drug-likeness (QED) is 0.143. The molecule has 0 fully saturated rings. The fourth-order valence-corrected chi connectivity index (χ4v) is 6.24. The highest BCUT2D eigenvalue weighted by molar-refractivity contribution is 5.96. The van der Waals surface area contributed by atoms with E-state index >= 15 is 0 Å². The minimum atomic E-state index is 0.507. The summed E-state index contributed by atoms with van der Waals surface area (Å²) in [6.45, 7) is 0. The number of ether oxygens (including phenoxy) is 2. The van der Waals surface area contributed by atoms with Gasteiger partial charge in [0.25, 0.3) is 0 Å². The van der Waals surface area contributed by atoms with Gasteiger partial charge >= 0.3 is 0 Å². The summed E-state index contributed by atoms with van der Waals surface area (Å²) >= 11 is 0. The lowest BCUT2D eigenvalue weighted by Crippen LogP contribution is -2.13. The highest BCUT2D eigenvalue weighted by Gasteiger charge is 2.19. The van der Waals surface area contributed by atoms with Crippen LogP contribution in [0.5, 0.6) is 11.5 Å². The maximum Gasteiger partial charge on any atom is 0.120 e. The summed E-state index contributed by atoms with van der Waals surface area (Å²) in [4.78, 5) is 4.32. The van der Waals surface area contributed by atoms with Gasteiger partial charge in [0.2, 0.25) is 0 Å². The number of hydrogen-bond donors (Lipinski definition) is 2. The number of benzene rings is 7. The summed E-state index contributed by atoms with van der Waals surface area (Å²) in [5, 5.41) is 0. The van der Waals surface area contributed by atoms with E-state index in [1.54, 1.807) is 14.2 Å². The summed E-state index contributed by atoms with van der Waals surface area (Å²) in [5.41, 5.74) is 24.5. The third-order valence-electron chi connectivity index (χ3n) is 8.81. The number of rotatable bonds is 10. The van der Waals surface area contributed by atoms with Crippen molar-refractivity contribution >= 4 is 45.5 Å². The van der Waals surface area contributed by atoms with Crippen LogP contribution in [0.25, 0.3) is 22.3 Å². The molecule has 0 saturated heterocycles. The number of para-hydroxylation sites is 2. The molecule has 6 heteroatoms. The van der Waals surface area contributed by atoms with Crippen molar-refractivity contribution in [3.63, 3.8) is 0 Å². The van der Waals surface area contributed by atoms with Crippen LogP contribution >= 0.6 is 0 Å². The summed E-state index contributed by atoms with van der Waals surface area (Å²) in [7, 11) is 3.35. The fraction of sp³-hybridized carbons (Fsp3) is 0.0455. The number of nitrogen functional groups attached to an aromatic ring is 2. The Morgan fingerprint density at radius 3 is 1.36 bits per heavy atom. The lowest BCUT2D eigenvalue weighted by molar-refractivity contribution is 0.415. The van der Waals surface area contributed by atoms with Gasteiger partial charge in [-0.3, -0.25) is 0 Å². The van der Waals surface area contributed by atoms with E-state index < -0.39 is 0 Å². The molecule has 0 amide bonds. The first-order chi connectivity index (χ1) is 24.5. The van der Waals surface area contributed by atoms with Gasteiger partial charge in [-0.1, -0.05) is 91.0 Å². The average molecular weight is 655 g/mol. The van der Waals surface area contributed by atoms with Gasteiger partial charge in [-0.2, -0.15) is 0 Å². The predicted molar refractivity (Wildman–Crippen MR) is 209 cm³/mol. The zero-order valence-electron chi connectivity index (χ0n) is 28.0. The van der Waals surface area contributed by atoms with E-state index in [4.69, 9.17) is 20.9 Å². The molecule has 7 aromatic rings. The molecule has 7 aromatic carbocycles. The Kier molecular flexibility index (Phi) is 9.08. The summed E-state index contributed by atoms with van der Waals surface area (Å²) in [6, 6.07) is 57.5. The second-order valence-electron chi connectivity index (χ2n) is 11.8. The van der Waals surface area contributed by atoms with E-state index in [1.807, 2.05) is 103 Å². The van der Waals surface area contributed by atoms with Crippen LogP contribution in [0.3, 0.4) is 0 Å². The molecule has 0 aliphatic carbocycles. The van der Waals surface area contributed by atoms with Crippen LogP contribution in [0.4, 0.5) is 45.5 Å². The minimum Gasteiger partial charge on any atom is -0.497 e. The Bertz CT molecular complexity index is 2200. The molecule has 7 rings (SSSR count). The van der Waals surface area contributed by atoms with E-state index in [1.165, 1.54) is 0 Å². The van der Waals surface area contributed by atoms with Gasteiger partial charge in [-0.05, 0) is 83.4 Å². The molecule has 0 aliphatic heterocycles. The van der Waals surface area contributed by atoms with Crippen LogP contribution in [-0.2, 0) is 0 Å². The first-order valence-corrected chi connectivity index (χ1v) is 16.4. The predicted octanol–water partition coefficient (Wildman–Crippen LogP) is 11.1. The highest BCUT2D eigenvalue weighted by Crippen LogP contribution is 2.44. The number of nitrogens with two attached hydrogens (primary N) is 2. The second-order valence-corrected chi connectivity index (χ2v) is 11.8. The average Bonchev–Trinajstić information content (AvgIpc) is 3.18. The second kappa shape index (κ2) is 14.2. The molecule has 0 spiro atoms. The molecule has 0 heterocycles. The number of nitrogens with zero attached hydrogens (tertiary/aromatic N) is 2. The maximum absolute atomic E-state index is 6.82. The highest BCUT2D eigenvalue weighted by atomic mass is 16.5. The van der Waals surface area contributed by atoms with Crippen LogP contribution in [-0.4, -0.2) is 14.2 Å². The Morgan fingerprint density at radius 2 is 0.820 bits per heavy atom. The van der Waals surface area contributed by atoms with Gasteiger partial charge in [-0.25, -0.2) is 0 Å². The van der Waals surface area contributed by atoms with Crippen molar-refractivity contribution in [1.82, 2.24) is 0 Å². The van der Waals surface area contributed by atoms with Gasteiger partial charge < -0.3 is 30.7 Å². The zero-order chi connectivity index (χ0) is 34.5. The van der Waals surface area contributed by atoms with Crippen LogP contribution in [0.1, 0.15) is 0 Å². The molecule has 0 bridgehead atoms. The van der Waals surface area contributed by atoms with Crippen LogP contribution in [0, 0.1) is 0 Å². The van der Waals surface area contributed by atoms with E-state index in [9.17, 15) is 0 Å². The van der Waals surface area contributed by atoms with Crippen LogP contribution < -0.4 is 30.7 Å². The zero-order valence-corrected chi connectivity index (χ0v) is 28.0. The van der Waals surface area contributed by atoms with Crippen LogP contribution in [0.15, 0.2) is 170 Å². The molecule has 0 atom stereocenters. The molecule has 50 heavy (non-hydrogen) atoms. The van der Waals surface area contributed by atoms with E-state index in [2.05, 4.69) is 76.5 Å². The third-order valence-corrected chi connectivity index (χ3v) is 8.81. The van der Waals surface area contributed by atoms with E-state index in [0.29, 0.717) is 11.4 Å².